The molecule has 4 N–H and O–H groups in total. The monoisotopic (exact) mass is 377 g/mol. The minimum absolute atomic E-state index is 0.123. The summed E-state index contributed by atoms with van der Waals surface area (Å²) in [5.74, 6) is -4.22. The Morgan fingerprint density at radius 1 is 1.25 bits per heavy atom. The minimum Gasteiger partial charge on any atom is -0.481 e. The van der Waals surface area contributed by atoms with Gasteiger partial charge in [0.15, 0.2) is 0 Å². The van der Waals surface area contributed by atoms with Crippen molar-refractivity contribution < 1.29 is 29.4 Å². The van der Waals surface area contributed by atoms with Crippen LogP contribution in [0.5, 0.6) is 0 Å². The zero-order chi connectivity index (χ0) is 18.3. The zero-order valence-corrected chi connectivity index (χ0v) is 13.6. The lowest BCUT2D eigenvalue weighted by Gasteiger charge is -2.14. The molecule has 1 heterocycles. The van der Waals surface area contributed by atoms with E-state index in [4.69, 9.17) is 33.4 Å². The van der Waals surface area contributed by atoms with Gasteiger partial charge in [0.05, 0.1) is 16.9 Å². The van der Waals surface area contributed by atoms with E-state index in [-0.39, 0.29) is 28.7 Å². The Labute approximate surface area is 146 Å². The largest absolute Gasteiger partial charge is 0.481 e. The molecule has 0 saturated carbocycles. The maximum atomic E-state index is 12.0. The fourth-order valence-electron chi connectivity index (χ4n) is 1.62. The van der Waals surface area contributed by atoms with Gasteiger partial charge >= 0.3 is 11.9 Å². The van der Waals surface area contributed by atoms with E-state index < -0.39 is 36.2 Å². The van der Waals surface area contributed by atoms with Crippen LogP contribution in [0, 0.1) is 0 Å². The molecule has 0 spiro atoms. The number of carbonyl (C=O) groups is 4. The fraction of sp³-hybridized carbons (Fsp3) is 0.308. The Balaban J connectivity index is 2.84. The molecule has 130 valence electrons. The second-order valence-corrected chi connectivity index (χ2v) is 5.21. The number of amides is 2. The summed E-state index contributed by atoms with van der Waals surface area (Å²) >= 11 is 11.2. The Kier molecular flexibility index (Phi) is 7.40. The second-order valence-electron chi connectivity index (χ2n) is 4.53. The fourth-order valence-corrected chi connectivity index (χ4v) is 1.94. The predicted octanol–water partition coefficient (Wildman–Crippen LogP) is 0.960. The molecule has 1 atom stereocenters. The lowest BCUT2D eigenvalue weighted by molar-refractivity contribution is -0.140. The van der Waals surface area contributed by atoms with E-state index in [1.165, 1.54) is 6.07 Å². The van der Waals surface area contributed by atoms with Crippen molar-refractivity contribution in [1.29, 1.82) is 0 Å². The van der Waals surface area contributed by atoms with Gasteiger partial charge in [-0.25, -0.2) is 9.78 Å². The molecule has 0 aliphatic carbocycles. The molecule has 0 saturated heterocycles. The highest BCUT2D eigenvalue weighted by atomic mass is 35.5. The molecule has 1 aromatic heterocycles. The third-order valence-corrected chi connectivity index (χ3v) is 3.24. The van der Waals surface area contributed by atoms with Crippen LogP contribution < -0.4 is 10.6 Å². The molecule has 0 bridgehead atoms. The molecule has 0 radical (unpaired) electrons. The van der Waals surface area contributed by atoms with E-state index in [1.54, 1.807) is 0 Å². The summed E-state index contributed by atoms with van der Waals surface area (Å²) in [4.78, 5) is 48.5. The van der Waals surface area contributed by atoms with Gasteiger partial charge in [-0.2, -0.15) is 0 Å². The van der Waals surface area contributed by atoms with Crippen molar-refractivity contribution in [3.8, 4) is 0 Å². The first-order valence-corrected chi connectivity index (χ1v) is 7.42. The van der Waals surface area contributed by atoms with Crippen molar-refractivity contribution in [2.75, 3.05) is 11.2 Å². The standard InChI is InChI=1S/C13H13Cl2N3O6/c14-4-9(19)17-6-3-7(15)11(16-5-6)12(22)18-8(13(23)24)1-2-10(20)21/h3,5,8H,1-2,4H2,(H,17,19)(H,18,22)(H,20,21)(H,23,24). The van der Waals surface area contributed by atoms with Crippen molar-refractivity contribution in [2.45, 2.75) is 18.9 Å². The molecule has 11 heteroatoms. The van der Waals surface area contributed by atoms with E-state index in [0.29, 0.717) is 0 Å². The number of rotatable bonds is 8. The number of carboxylic acid groups (broad SMARTS) is 2. The van der Waals surface area contributed by atoms with Crippen molar-refractivity contribution in [2.24, 2.45) is 0 Å². The summed E-state index contributed by atoms with van der Waals surface area (Å²) in [5, 5.41) is 22.0. The van der Waals surface area contributed by atoms with E-state index in [1.807, 2.05) is 0 Å². The minimum atomic E-state index is -1.40. The van der Waals surface area contributed by atoms with Crippen molar-refractivity contribution >= 4 is 52.6 Å². The average molecular weight is 378 g/mol. The number of pyridine rings is 1. The van der Waals surface area contributed by atoms with Crippen molar-refractivity contribution in [3.63, 3.8) is 0 Å². The lowest BCUT2D eigenvalue weighted by Crippen LogP contribution is -2.41. The Bertz CT molecular complexity index is 667. The molecule has 2 amide bonds. The normalized spacial score (nSPS) is 11.4. The predicted molar refractivity (Wildman–Crippen MR) is 84.4 cm³/mol. The number of hydrogen-bond acceptors (Lipinski definition) is 5. The SMILES string of the molecule is O=C(O)CCC(NC(=O)c1ncc(NC(=O)CCl)cc1Cl)C(=O)O. The Morgan fingerprint density at radius 2 is 1.92 bits per heavy atom. The highest BCUT2D eigenvalue weighted by molar-refractivity contribution is 6.34. The average Bonchev–Trinajstić information content (AvgIpc) is 2.50. The molecule has 0 fully saturated rings. The molecule has 0 aliphatic heterocycles. The summed E-state index contributed by atoms with van der Waals surface area (Å²) < 4.78 is 0. The maximum Gasteiger partial charge on any atom is 0.326 e. The van der Waals surface area contributed by atoms with Crippen molar-refractivity contribution in [3.05, 3.63) is 23.0 Å². The molecule has 1 aromatic rings. The van der Waals surface area contributed by atoms with Gasteiger partial charge in [-0.05, 0) is 12.5 Å². The second kappa shape index (κ2) is 9.04. The third kappa shape index (κ3) is 6.01. The van der Waals surface area contributed by atoms with Gasteiger partial charge in [0.1, 0.15) is 17.6 Å². The van der Waals surface area contributed by atoms with Gasteiger partial charge in [0, 0.05) is 6.42 Å². The molecule has 0 aromatic carbocycles. The molecule has 9 nitrogen and oxygen atoms in total. The molecule has 1 unspecified atom stereocenters. The number of nitrogens with one attached hydrogen (secondary N) is 2. The Hall–Kier alpha value is -2.39. The van der Waals surface area contributed by atoms with Crippen LogP contribution in [0.1, 0.15) is 23.3 Å². The number of halogens is 2. The molecule has 1 rings (SSSR count). The number of alkyl halides is 1. The number of aliphatic carboxylic acids is 2. The van der Waals surface area contributed by atoms with Gasteiger partial charge in [-0.1, -0.05) is 11.6 Å². The number of aromatic nitrogens is 1. The van der Waals surface area contributed by atoms with E-state index in [9.17, 15) is 19.2 Å². The van der Waals surface area contributed by atoms with Crippen LogP contribution >= 0.6 is 23.2 Å². The topological polar surface area (TPSA) is 146 Å². The van der Waals surface area contributed by atoms with Gasteiger partial charge in [-0.3, -0.25) is 14.4 Å². The third-order valence-electron chi connectivity index (χ3n) is 2.71. The van der Waals surface area contributed by atoms with E-state index in [2.05, 4.69) is 15.6 Å². The molecular weight excluding hydrogens is 365 g/mol. The van der Waals surface area contributed by atoms with Gasteiger partial charge in [-0.15, -0.1) is 11.6 Å². The van der Waals surface area contributed by atoms with Crippen LogP contribution in [-0.2, 0) is 14.4 Å². The number of nitrogens with zero attached hydrogens (tertiary/aromatic N) is 1. The number of carbonyl (C=O) groups excluding carboxylic acids is 2. The lowest BCUT2D eigenvalue weighted by atomic mass is 10.1. The van der Waals surface area contributed by atoms with Crippen LogP contribution in [0.2, 0.25) is 5.02 Å². The quantitative estimate of drug-likeness (QED) is 0.493. The first kappa shape index (κ1) is 19.7. The van der Waals surface area contributed by atoms with Crippen LogP contribution in [-0.4, -0.2) is 50.9 Å². The summed E-state index contributed by atoms with van der Waals surface area (Å²) in [6.07, 6.45) is 0.429. The summed E-state index contributed by atoms with van der Waals surface area (Å²) in [7, 11) is 0. The van der Waals surface area contributed by atoms with Crippen molar-refractivity contribution in [1.82, 2.24) is 10.3 Å². The molecule has 24 heavy (non-hydrogen) atoms. The van der Waals surface area contributed by atoms with Gasteiger partial charge in [0.2, 0.25) is 5.91 Å². The van der Waals surface area contributed by atoms with E-state index in [0.717, 1.165) is 6.20 Å². The van der Waals surface area contributed by atoms with Crippen LogP contribution in [0.15, 0.2) is 12.3 Å². The maximum absolute atomic E-state index is 12.0. The molecule has 0 aliphatic rings. The van der Waals surface area contributed by atoms with Crippen LogP contribution in [0.25, 0.3) is 0 Å². The first-order chi connectivity index (χ1) is 11.2. The number of anilines is 1. The highest BCUT2D eigenvalue weighted by Gasteiger charge is 2.23. The zero-order valence-electron chi connectivity index (χ0n) is 12.1. The first-order valence-electron chi connectivity index (χ1n) is 6.51. The van der Waals surface area contributed by atoms with Gasteiger partial charge in [0.25, 0.3) is 5.91 Å². The van der Waals surface area contributed by atoms with E-state index >= 15 is 0 Å². The van der Waals surface area contributed by atoms with Gasteiger partial charge < -0.3 is 20.8 Å². The summed E-state index contributed by atoms with van der Waals surface area (Å²) in [6, 6.07) is -0.150. The summed E-state index contributed by atoms with van der Waals surface area (Å²) in [5.41, 5.74) is -0.0509. The smallest absolute Gasteiger partial charge is 0.326 e. The number of hydrogen-bond donors (Lipinski definition) is 4. The Morgan fingerprint density at radius 3 is 2.42 bits per heavy atom. The number of carboxylic acids is 2. The summed E-state index contributed by atoms with van der Waals surface area (Å²) in [6.45, 7) is 0. The highest BCUT2D eigenvalue weighted by Crippen LogP contribution is 2.19. The molecular formula is C13H13Cl2N3O6. The van der Waals surface area contributed by atoms with Crippen LogP contribution in [0.4, 0.5) is 5.69 Å². The van der Waals surface area contributed by atoms with Crippen LogP contribution in [0.3, 0.4) is 0 Å².